The fourth-order valence-electron chi connectivity index (χ4n) is 3.24. The van der Waals surface area contributed by atoms with Crippen LogP contribution in [0.1, 0.15) is 24.3 Å². The standard InChI is InChI=1S/C18H19N5OS2/c1-12-10-14-6-3-4-8-16(14)23(12)17(24)13(2)26-18-19-20-21-22(18)11-15-7-5-9-25-15/h3-9,12-13H,10-11H2,1-2H3. The Bertz CT molecular complexity index is 908. The fourth-order valence-corrected chi connectivity index (χ4v) is 4.76. The van der Waals surface area contributed by atoms with Crippen LogP contribution in [0.25, 0.3) is 0 Å². The minimum Gasteiger partial charge on any atom is -0.308 e. The topological polar surface area (TPSA) is 63.9 Å². The molecule has 8 heteroatoms. The molecule has 1 aliphatic heterocycles. The predicted octanol–water partition coefficient (Wildman–Crippen LogP) is 3.24. The minimum atomic E-state index is -0.267. The van der Waals surface area contributed by atoms with E-state index < -0.39 is 0 Å². The molecule has 0 spiro atoms. The number of nitrogens with zero attached hydrogens (tertiary/aromatic N) is 5. The number of fused-ring (bicyclic) bond motifs is 1. The first-order valence-corrected chi connectivity index (χ1v) is 10.3. The van der Waals surface area contributed by atoms with Crippen molar-refractivity contribution in [1.29, 1.82) is 0 Å². The highest BCUT2D eigenvalue weighted by Crippen LogP contribution is 2.34. The largest absolute Gasteiger partial charge is 0.308 e. The second kappa shape index (κ2) is 7.20. The maximum Gasteiger partial charge on any atom is 0.240 e. The fraction of sp³-hybridized carbons (Fsp3) is 0.333. The number of para-hydroxylation sites is 1. The second-order valence-corrected chi connectivity index (χ2v) is 8.69. The number of rotatable bonds is 5. The van der Waals surface area contributed by atoms with Crippen LogP contribution in [0.3, 0.4) is 0 Å². The number of carbonyl (C=O) groups is 1. The normalized spacial score (nSPS) is 17.3. The van der Waals surface area contributed by atoms with Crippen LogP contribution < -0.4 is 4.90 Å². The molecular weight excluding hydrogens is 366 g/mol. The highest BCUT2D eigenvalue weighted by molar-refractivity contribution is 8.00. The Morgan fingerprint density at radius 3 is 3.00 bits per heavy atom. The van der Waals surface area contributed by atoms with Crippen LogP contribution in [-0.4, -0.2) is 37.4 Å². The second-order valence-electron chi connectivity index (χ2n) is 6.35. The number of tetrazole rings is 1. The van der Waals surface area contributed by atoms with Gasteiger partial charge in [-0.25, -0.2) is 4.68 Å². The SMILES string of the molecule is CC(Sc1nnnn1Cc1cccs1)C(=O)N1c2ccccc2CC1C. The quantitative estimate of drug-likeness (QED) is 0.631. The summed E-state index contributed by atoms with van der Waals surface area (Å²) in [6.07, 6.45) is 0.898. The molecule has 0 saturated carbocycles. The van der Waals surface area contributed by atoms with Gasteiger partial charge in [0.05, 0.1) is 11.8 Å². The Morgan fingerprint density at radius 1 is 1.35 bits per heavy atom. The maximum atomic E-state index is 13.1. The van der Waals surface area contributed by atoms with Crippen molar-refractivity contribution < 1.29 is 4.79 Å². The molecule has 0 aliphatic carbocycles. The first-order valence-electron chi connectivity index (χ1n) is 8.49. The molecule has 0 saturated heterocycles. The van der Waals surface area contributed by atoms with Gasteiger partial charge in [0.2, 0.25) is 11.1 Å². The molecule has 1 amide bonds. The summed E-state index contributed by atoms with van der Waals surface area (Å²) in [6, 6.07) is 12.4. The van der Waals surface area contributed by atoms with Crippen molar-refractivity contribution >= 4 is 34.7 Å². The van der Waals surface area contributed by atoms with Crippen molar-refractivity contribution in [2.45, 2.75) is 43.3 Å². The van der Waals surface area contributed by atoms with Crippen molar-refractivity contribution in [2.75, 3.05) is 4.90 Å². The Balaban J connectivity index is 1.50. The number of thiophene rings is 1. The van der Waals surface area contributed by atoms with E-state index in [0.717, 1.165) is 12.1 Å². The van der Waals surface area contributed by atoms with Gasteiger partial charge in [-0.05, 0) is 53.8 Å². The van der Waals surface area contributed by atoms with Crippen LogP contribution in [0.2, 0.25) is 0 Å². The lowest BCUT2D eigenvalue weighted by Crippen LogP contribution is -2.40. The number of anilines is 1. The number of thioether (sulfide) groups is 1. The zero-order valence-electron chi connectivity index (χ0n) is 14.6. The average molecular weight is 386 g/mol. The van der Waals surface area contributed by atoms with Gasteiger partial charge in [-0.3, -0.25) is 4.79 Å². The lowest BCUT2D eigenvalue weighted by Gasteiger charge is -2.25. The third kappa shape index (κ3) is 3.26. The van der Waals surface area contributed by atoms with E-state index in [1.165, 1.54) is 22.2 Å². The molecule has 0 bridgehead atoms. The number of aromatic nitrogens is 4. The molecule has 1 aliphatic rings. The highest BCUT2D eigenvalue weighted by atomic mass is 32.2. The molecule has 3 heterocycles. The Morgan fingerprint density at radius 2 is 2.19 bits per heavy atom. The van der Waals surface area contributed by atoms with Crippen molar-refractivity contribution in [3.05, 3.63) is 52.2 Å². The third-order valence-electron chi connectivity index (χ3n) is 4.46. The molecule has 6 nitrogen and oxygen atoms in total. The van der Waals surface area contributed by atoms with E-state index >= 15 is 0 Å². The zero-order valence-corrected chi connectivity index (χ0v) is 16.2. The lowest BCUT2D eigenvalue weighted by atomic mass is 10.1. The summed E-state index contributed by atoms with van der Waals surface area (Å²) in [4.78, 5) is 16.2. The van der Waals surface area contributed by atoms with Crippen molar-refractivity contribution in [1.82, 2.24) is 20.2 Å². The summed E-state index contributed by atoms with van der Waals surface area (Å²) in [7, 11) is 0. The Hall–Kier alpha value is -2.19. The van der Waals surface area contributed by atoms with Crippen molar-refractivity contribution in [3.63, 3.8) is 0 Å². The Kier molecular flexibility index (Phi) is 4.78. The summed E-state index contributed by atoms with van der Waals surface area (Å²) in [5.41, 5.74) is 2.25. The molecule has 0 radical (unpaired) electrons. The van der Waals surface area contributed by atoms with Crippen LogP contribution in [0.4, 0.5) is 5.69 Å². The predicted molar refractivity (Wildman–Crippen MR) is 104 cm³/mol. The van der Waals surface area contributed by atoms with E-state index in [1.807, 2.05) is 41.5 Å². The molecule has 2 aromatic heterocycles. The molecule has 4 rings (SSSR count). The third-order valence-corrected chi connectivity index (χ3v) is 6.38. The van der Waals surface area contributed by atoms with Gasteiger partial charge in [-0.15, -0.1) is 16.4 Å². The number of hydrogen-bond donors (Lipinski definition) is 0. The molecule has 2 atom stereocenters. The molecule has 0 fully saturated rings. The van der Waals surface area contributed by atoms with E-state index in [1.54, 1.807) is 16.0 Å². The van der Waals surface area contributed by atoms with Crippen molar-refractivity contribution in [2.24, 2.45) is 0 Å². The van der Waals surface area contributed by atoms with Crippen LogP contribution in [0.15, 0.2) is 46.9 Å². The van der Waals surface area contributed by atoms with Gasteiger partial charge in [0.15, 0.2) is 0 Å². The van der Waals surface area contributed by atoms with Gasteiger partial charge in [0, 0.05) is 16.6 Å². The van der Waals surface area contributed by atoms with Gasteiger partial charge >= 0.3 is 0 Å². The monoisotopic (exact) mass is 385 g/mol. The van der Waals surface area contributed by atoms with E-state index in [9.17, 15) is 4.79 Å². The molecule has 0 N–H and O–H groups in total. The van der Waals surface area contributed by atoms with Crippen LogP contribution in [0, 0.1) is 0 Å². The van der Waals surface area contributed by atoms with E-state index in [0.29, 0.717) is 11.7 Å². The van der Waals surface area contributed by atoms with Gasteiger partial charge in [-0.2, -0.15) is 0 Å². The molecule has 1 aromatic carbocycles. The van der Waals surface area contributed by atoms with Gasteiger partial charge in [0.1, 0.15) is 0 Å². The van der Waals surface area contributed by atoms with Gasteiger partial charge in [-0.1, -0.05) is 36.0 Å². The Labute approximate surface area is 160 Å². The number of carbonyl (C=O) groups excluding carboxylic acids is 1. The summed E-state index contributed by atoms with van der Waals surface area (Å²) in [5, 5.41) is 14.4. The molecule has 134 valence electrons. The van der Waals surface area contributed by atoms with Crippen molar-refractivity contribution in [3.8, 4) is 0 Å². The zero-order chi connectivity index (χ0) is 18.1. The van der Waals surface area contributed by atoms with Crippen LogP contribution >= 0.6 is 23.1 Å². The molecule has 26 heavy (non-hydrogen) atoms. The van der Waals surface area contributed by atoms with E-state index in [4.69, 9.17) is 0 Å². The van der Waals surface area contributed by atoms with Gasteiger partial charge in [0.25, 0.3) is 0 Å². The molecule has 3 aromatic rings. The lowest BCUT2D eigenvalue weighted by molar-refractivity contribution is -0.118. The number of amides is 1. The van der Waals surface area contributed by atoms with Gasteiger partial charge < -0.3 is 4.90 Å². The molecular formula is C18H19N5OS2. The summed E-state index contributed by atoms with van der Waals surface area (Å²) in [6.45, 7) is 4.64. The minimum absolute atomic E-state index is 0.0955. The maximum absolute atomic E-state index is 13.1. The summed E-state index contributed by atoms with van der Waals surface area (Å²) < 4.78 is 1.75. The van der Waals surface area contributed by atoms with Crippen LogP contribution in [-0.2, 0) is 17.8 Å². The first-order chi connectivity index (χ1) is 12.6. The van der Waals surface area contributed by atoms with E-state index in [2.05, 4.69) is 34.6 Å². The summed E-state index contributed by atoms with van der Waals surface area (Å²) >= 11 is 3.08. The smallest absolute Gasteiger partial charge is 0.240 e. The summed E-state index contributed by atoms with van der Waals surface area (Å²) in [5.74, 6) is 0.0955. The molecule has 2 unspecified atom stereocenters. The van der Waals surface area contributed by atoms with Crippen LogP contribution in [0.5, 0.6) is 0 Å². The van der Waals surface area contributed by atoms with E-state index in [-0.39, 0.29) is 17.2 Å². The average Bonchev–Trinajstić information content (AvgIpc) is 3.35. The number of hydrogen-bond acceptors (Lipinski definition) is 6. The number of benzene rings is 1. The highest BCUT2D eigenvalue weighted by Gasteiger charge is 2.34. The first kappa shape index (κ1) is 17.2.